The van der Waals surface area contributed by atoms with Gasteiger partial charge in [0, 0.05) is 17.4 Å². The second kappa shape index (κ2) is 4.13. The average Bonchev–Trinajstić information content (AvgIpc) is 2.80. The van der Waals surface area contributed by atoms with E-state index in [2.05, 4.69) is 0 Å². The lowest BCUT2D eigenvalue weighted by atomic mass is 9.81. The zero-order chi connectivity index (χ0) is 14.6. The largest absolute Gasteiger partial charge is 0.504 e. The van der Waals surface area contributed by atoms with Gasteiger partial charge in [0.15, 0.2) is 17.1 Å². The number of aryl methyl sites for hydroxylation is 2. The van der Waals surface area contributed by atoms with Gasteiger partial charge in [0.2, 0.25) is 0 Å². The summed E-state index contributed by atoms with van der Waals surface area (Å²) in [4.78, 5) is 12.3. The Kier molecular flexibility index (Phi) is 2.64. The van der Waals surface area contributed by atoms with E-state index in [0.717, 1.165) is 22.1 Å². The van der Waals surface area contributed by atoms with E-state index in [1.165, 1.54) is 6.08 Å². The number of ketones is 1. The first-order chi connectivity index (χ1) is 9.47. The number of phenolic OH excluding ortho intramolecular Hbond substituents is 1. The van der Waals surface area contributed by atoms with Gasteiger partial charge in [0.25, 0.3) is 0 Å². The number of phenols is 1. The van der Waals surface area contributed by atoms with Crippen molar-refractivity contribution < 1.29 is 19.1 Å². The van der Waals surface area contributed by atoms with Crippen LogP contribution in [0.25, 0.3) is 11.0 Å². The Hall–Kier alpha value is -2.23. The highest BCUT2D eigenvalue weighted by Crippen LogP contribution is 2.44. The number of ether oxygens (including phenoxy) is 1. The molecule has 0 saturated heterocycles. The van der Waals surface area contributed by atoms with Crippen LogP contribution in [0.2, 0.25) is 0 Å². The van der Waals surface area contributed by atoms with Crippen LogP contribution in [-0.2, 0) is 4.74 Å². The fourth-order valence-corrected chi connectivity index (χ4v) is 3.14. The van der Waals surface area contributed by atoms with Crippen LogP contribution in [0.5, 0.6) is 5.75 Å². The van der Waals surface area contributed by atoms with Crippen LogP contribution in [0, 0.1) is 13.8 Å². The van der Waals surface area contributed by atoms with Crippen molar-refractivity contribution in [2.24, 2.45) is 0 Å². The molecule has 1 aliphatic rings. The highest BCUT2D eigenvalue weighted by Gasteiger charge is 2.32. The molecule has 1 aliphatic carbocycles. The summed E-state index contributed by atoms with van der Waals surface area (Å²) in [6.45, 7) is 5.84. The molecular formula is C16H16O4. The predicted octanol–water partition coefficient (Wildman–Crippen LogP) is 3.59. The van der Waals surface area contributed by atoms with Gasteiger partial charge in [0.1, 0.15) is 5.76 Å². The van der Waals surface area contributed by atoms with Crippen LogP contribution in [0.4, 0.5) is 0 Å². The highest BCUT2D eigenvalue weighted by molar-refractivity contribution is 6.13. The van der Waals surface area contributed by atoms with E-state index in [1.54, 1.807) is 13.4 Å². The van der Waals surface area contributed by atoms with E-state index in [1.807, 2.05) is 20.8 Å². The van der Waals surface area contributed by atoms with Gasteiger partial charge in [0.05, 0.1) is 18.9 Å². The second-order valence-electron chi connectivity index (χ2n) is 5.22. The van der Waals surface area contributed by atoms with Gasteiger partial charge in [-0.1, -0.05) is 6.92 Å². The predicted molar refractivity (Wildman–Crippen MR) is 75.2 cm³/mol. The summed E-state index contributed by atoms with van der Waals surface area (Å²) >= 11 is 0. The average molecular weight is 272 g/mol. The molecule has 0 bridgehead atoms. The molecule has 1 aromatic carbocycles. The van der Waals surface area contributed by atoms with E-state index >= 15 is 0 Å². The number of hydrogen-bond acceptors (Lipinski definition) is 4. The molecule has 3 rings (SSSR count). The molecule has 1 N–H and O–H groups in total. The zero-order valence-corrected chi connectivity index (χ0v) is 11.9. The molecule has 2 aromatic rings. The Labute approximate surface area is 116 Å². The number of fused-ring (bicyclic) bond motifs is 2. The molecule has 20 heavy (non-hydrogen) atoms. The number of carbonyl (C=O) groups is 1. The summed E-state index contributed by atoms with van der Waals surface area (Å²) in [5.74, 6) is 0.228. The van der Waals surface area contributed by atoms with E-state index in [0.29, 0.717) is 16.9 Å². The number of methoxy groups -OCH3 is 1. The minimum Gasteiger partial charge on any atom is -0.504 e. The molecule has 0 fully saturated rings. The Balaban J connectivity index is 2.45. The molecule has 1 aromatic heterocycles. The maximum atomic E-state index is 12.3. The summed E-state index contributed by atoms with van der Waals surface area (Å²) in [5.41, 5.74) is 3.45. The van der Waals surface area contributed by atoms with Crippen LogP contribution in [-0.4, -0.2) is 18.0 Å². The zero-order valence-electron chi connectivity index (χ0n) is 11.9. The minimum absolute atomic E-state index is 0.0719. The Bertz CT molecular complexity index is 765. The number of allylic oxidation sites excluding steroid dienone is 2. The van der Waals surface area contributed by atoms with E-state index in [-0.39, 0.29) is 17.5 Å². The van der Waals surface area contributed by atoms with Crippen LogP contribution in [0.15, 0.2) is 22.5 Å². The van der Waals surface area contributed by atoms with Crippen molar-refractivity contribution in [1.29, 1.82) is 0 Å². The number of furan rings is 1. The van der Waals surface area contributed by atoms with Crippen molar-refractivity contribution in [2.45, 2.75) is 26.7 Å². The van der Waals surface area contributed by atoms with E-state index < -0.39 is 0 Å². The van der Waals surface area contributed by atoms with Gasteiger partial charge in [-0.2, -0.15) is 0 Å². The van der Waals surface area contributed by atoms with Gasteiger partial charge in [-0.05, 0) is 30.5 Å². The molecule has 0 amide bonds. The Morgan fingerprint density at radius 1 is 1.35 bits per heavy atom. The van der Waals surface area contributed by atoms with Crippen LogP contribution in [0.1, 0.15) is 39.9 Å². The molecule has 0 unspecified atom stereocenters. The quantitative estimate of drug-likeness (QED) is 0.861. The summed E-state index contributed by atoms with van der Waals surface area (Å²) in [7, 11) is 1.55. The van der Waals surface area contributed by atoms with Crippen molar-refractivity contribution in [1.82, 2.24) is 0 Å². The molecule has 4 nitrogen and oxygen atoms in total. The van der Waals surface area contributed by atoms with Crippen molar-refractivity contribution in [3.63, 3.8) is 0 Å². The number of rotatable bonds is 1. The molecule has 0 radical (unpaired) electrons. The maximum Gasteiger partial charge on any atom is 0.193 e. The normalized spacial score (nSPS) is 18.1. The number of aromatic hydroxyl groups is 1. The standard InChI is InChI=1S/C16H16O4/c1-7-6-20-16-12(7)9(3)13-8(2)11(19-4)5-10(17)14(13)15(16)18/h5-6,8,18H,1-4H3/t8-/m0/s1. The van der Waals surface area contributed by atoms with Gasteiger partial charge in [-0.3, -0.25) is 4.79 Å². The van der Waals surface area contributed by atoms with Crippen molar-refractivity contribution in [3.05, 3.63) is 40.4 Å². The molecular weight excluding hydrogens is 256 g/mol. The van der Waals surface area contributed by atoms with Crippen molar-refractivity contribution in [3.8, 4) is 5.75 Å². The highest BCUT2D eigenvalue weighted by atomic mass is 16.5. The molecule has 0 aliphatic heterocycles. The first kappa shape index (κ1) is 12.8. The summed E-state index contributed by atoms with van der Waals surface area (Å²) < 4.78 is 10.7. The van der Waals surface area contributed by atoms with Crippen LogP contribution < -0.4 is 0 Å². The van der Waals surface area contributed by atoms with Crippen LogP contribution >= 0.6 is 0 Å². The van der Waals surface area contributed by atoms with Gasteiger partial charge >= 0.3 is 0 Å². The number of carbonyl (C=O) groups excluding carboxylic acids is 1. The molecule has 1 heterocycles. The first-order valence-electron chi connectivity index (χ1n) is 6.50. The minimum atomic E-state index is -0.244. The van der Waals surface area contributed by atoms with Crippen molar-refractivity contribution >= 4 is 16.8 Å². The molecule has 4 heteroatoms. The van der Waals surface area contributed by atoms with E-state index in [9.17, 15) is 9.90 Å². The van der Waals surface area contributed by atoms with Gasteiger partial charge in [-0.15, -0.1) is 0 Å². The fraction of sp³-hybridized carbons (Fsp3) is 0.312. The van der Waals surface area contributed by atoms with E-state index in [4.69, 9.17) is 9.15 Å². The number of hydrogen-bond donors (Lipinski definition) is 1. The van der Waals surface area contributed by atoms with Crippen molar-refractivity contribution in [2.75, 3.05) is 7.11 Å². The Morgan fingerprint density at radius 3 is 2.70 bits per heavy atom. The summed E-state index contributed by atoms with van der Waals surface area (Å²) in [6.07, 6.45) is 3.04. The lowest BCUT2D eigenvalue weighted by Gasteiger charge is -2.25. The monoisotopic (exact) mass is 272 g/mol. The third kappa shape index (κ3) is 1.45. The lowest BCUT2D eigenvalue weighted by Crippen LogP contribution is -2.16. The third-order valence-corrected chi connectivity index (χ3v) is 4.09. The SMILES string of the molecule is COC1=CC(=O)c2c(c(C)c3c(C)coc3c2O)[C@H]1C. The lowest BCUT2D eigenvalue weighted by molar-refractivity contribution is 0.103. The van der Waals surface area contributed by atoms with Gasteiger partial charge in [-0.25, -0.2) is 0 Å². The number of benzene rings is 1. The first-order valence-corrected chi connectivity index (χ1v) is 6.50. The van der Waals surface area contributed by atoms with Crippen LogP contribution in [0.3, 0.4) is 0 Å². The fourth-order valence-electron chi connectivity index (χ4n) is 3.14. The summed E-state index contributed by atoms with van der Waals surface area (Å²) in [5, 5.41) is 11.3. The summed E-state index contributed by atoms with van der Waals surface area (Å²) in [6, 6.07) is 0. The molecule has 104 valence electrons. The molecule has 1 atom stereocenters. The maximum absolute atomic E-state index is 12.3. The molecule has 0 spiro atoms. The molecule has 0 saturated carbocycles. The smallest absolute Gasteiger partial charge is 0.193 e. The second-order valence-corrected chi connectivity index (χ2v) is 5.22. The van der Waals surface area contributed by atoms with Gasteiger partial charge < -0.3 is 14.3 Å². The topological polar surface area (TPSA) is 59.7 Å². The third-order valence-electron chi connectivity index (χ3n) is 4.09. The Morgan fingerprint density at radius 2 is 2.05 bits per heavy atom.